The summed E-state index contributed by atoms with van der Waals surface area (Å²) in [5, 5.41) is 9.43. The molecule has 2 heterocycles. The molecule has 4 aromatic rings. The Bertz CT molecular complexity index is 1300. The number of aromatic nitrogens is 3. The number of benzene rings is 2. The summed E-state index contributed by atoms with van der Waals surface area (Å²) in [6.45, 7) is -1.78. The highest BCUT2D eigenvalue weighted by Crippen LogP contribution is 2.31. The number of hydrogen-bond donors (Lipinski definition) is 3. The Balaban J connectivity index is 1.51. The fourth-order valence-corrected chi connectivity index (χ4v) is 3.33. The maximum Gasteiger partial charge on any atom is 0.416 e. The van der Waals surface area contributed by atoms with E-state index in [1.807, 2.05) is 5.32 Å². The van der Waals surface area contributed by atoms with Crippen LogP contribution in [0, 0.1) is 0 Å². The van der Waals surface area contributed by atoms with E-state index >= 15 is 0 Å². The van der Waals surface area contributed by atoms with E-state index in [2.05, 4.69) is 15.4 Å². The van der Waals surface area contributed by atoms with Gasteiger partial charge in [-0.25, -0.2) is 4.68 Å². The number of anilines is 1. The van der Waals surface area contributed by atoms with Crippen molar-refractivity contribution >= 4 is 22.5 Å². The maximum absolute atomic E-state index is 12.8. The van der Waals surface area contributed by atoms with E-state index < -0.39 is 36.9 Å². The smallest absolute Gasteiger partial charge is 0.359 e. The Morgan fingerprint density at radius 2 is 1.74 bits per heavy atom. The number of carbonyl (C=O) groups excluding carboxylic acids is 1. The molecule has 0 spiro atoms. The van der Waals surface area contributed by atoms with Crippen LogP contribution < -0.4 is 10.6 Å². The third kappa shape index (κ3) is 5.39. The molecule has 0 bridgehead atoms. The Morgan fingerprint density at radius 3 is 2.41 bits per heavy atom. The summed E-state index contributed by atoms with van der Waals surface area (Å²) in [5.74, 6) is -0.634. The van der Waals surface area contributed by atoms with Crippen molar-refractivity contribution in [1.82, 2.24) is 20.1 Å². The Labute approximate surface area is 188 Å². The number of hydrogen-bond acceptors (Lipinski definition) is 3. The van der Waals surface area contributed by atoms with Crippen molar-refractivity contribution in [2.24, 2.45) is 0 Å². The van der Waals surface area contributed by atoms with Crippen LogP contribution in [0.25, 0.3) is 27.7 Å². The van der Waals surface area contributed by atoms with Crippen LogP contribution >= 0.6 is 0 Å². The first kappa shape index (κ1) is 23.4. The Hall–Kier alpha value is -3.80. The van der Waals surface area contributed by atoms with Crippen molar-refractivity contribution in [3.8, 4) is 16.8 Å². The SMILES string of the molecule is O=C(CNCC(F)(F)F)Nc1c[nH]c2ccc(-c3cnn(-c4ccc(C(F)(F)F)cc4)c3)cc12. The summed E-state index contributed by atoms with van der Waals surface area (Å²) in [6, 6.07) is 9.90. The summed E-state index contributed by atoms with van der Waals surface area (Å²) >= 11 is 0. The van der Waals surface area contributed by atoms with Crippen LogP contribution in [-0.4, -0.2) is 39.9 Å². The zero-order chi connectivity index (χ0) is 24.5. The highest BCUT2D eigenvalue weighted by Gasteiger charge is 2.30. The lowest BCUT2D eigenvalue weighted by Crippen LogP contribution is -2.35. The van der Waals surface area contributed by atoms with E-state index in [1.54, 1.807) is 30.6 Å². The van der Waals surface area contributed by atoms with E-state index in [4.69, 9.17) is 0 Å². The van der Waals surface area contributed by atoms with Gasteiger partial charge < -0.3 is 15.6 Å². The lowest BCUT2D eigenvalue weighted by molar-refractivity contribution is -0.137. The van der Waals surface area contributed by atoms with E-state index in [0.29, 0.717) is 27.8 Å². The minimum atomic E-state index is -4.43. The second kappa shape index (κ2) is 8.86. The molecule has 178 valence electrons. The lowest BCUT2D eigenvalue weighted by Gasteiger charge is -2.08. The van der Waals surface area contributed by atoms with Crippen LogP contribution in [0.1, 0.15) is 5.56 Å². The number of halogens is 6. The van der Waals surface area contributed by atoms with Crippen LogP contribution in [0.3, 0.4) is 0 Å². The minimum Gasteiger partial charge on any atom is -0.359 e. The average Bonchev–Trinajstić information content (AvgIpc) is 3.40. The van der Waals surface area contributed by atoms with Gasteiger partial charge in [-0.05, 0) is 42.0 Å². The fourth-order valence-electron chi connectivity index (χ4n) is 3.33. The minimum absolute atomic E-state index is 0.394. The van der Waals surface area contributed by atoms with Crippen molar-refractivity contribution in [3.63, 3.8) is 0 Å². The molecule has 1 amide bonds. The normalized spacial score (nSPS) is 12.3. The molecule has 0 radical (unpaired) electrons. The van der Waals surface area contributed by atoms with Crippen molar-refractivity contribution < 1.29 is 31.1 Å². The van der Waals surface area contributed by atoms with Crippen molar-refractivity contribution in [3.05, 3.63) is 66.6 Å². The number of aromatic amines is 1. The summed E-state index contributed by atoms with van der Waals surface area (Å²) in [5.41, 5.74) is 2.16. The predicted octanol–water partition coefficient (Wildman–Crippen LogP) is 5.13. The van der Waals surface area contributed by atoms with E-state index in [1.165, 1.54) is 23.0 Å². The van der Waals surface area contributed by atoms with Crippen LogP contribution in [0.2, 0.25) is 0 Å². The first-order valence-electron chi connectivity index (χ1n) is 9.91. The zero-order valence-corrected chi connectivity index (χ0v) is 17.3. The van der Waals surface area contributed by atoms with Gasteiger partial charge in [0.25, 0.3) is 0 Å². The molecule has 0 saturated heterocycles. The summed E-state index contributed by atoms with van der Waals surface area (Å²) < 4.78 is 76.4. The standard InChI is InChI=1S/C22H17F6N5O/c23-21(24,25)12-29-10-20(34)32-19-9-30-18-6-1-13(7-17(18)19)14-8-31-33(11-14)16-4-2-15(3-5-16)22(26,27)28/h1-9,11,29-30H,10,12H2,(H,32,34). The van der Waals surface area contributed by atoms with Crippen molar-refractivity contribution in [2.75, 3.05) is 18.4 Å². The van der Waals surface area contributed by atoms with E-state index in [0.717, 1.165) is 17.7 Å². The topological polar surface area (TPSA) is 74.7 Å². The molecule has 2 aromatic heterocycles. The first-order valence-corrected chi connectivity index (χ1v) is 9.91. The molecule has 0 aliphatic carbocycles. The van der Waals surface area contributed by atoms with Gasteiger partial charge >= 0.3 is 12.4 Å². The second-order valence-corrected chi connectivity index (χ2v) is 7.45. The molecule has 0 unspecified atom stereocenters. The number of rotatable bonds is 6. The van der Waals surface area contributed by atoms with E-state index in [-0.39, 0.29) is 0 Å². The molecule has 0 fully saturated rings. The number of H-pyrrole nitrogens is 1. The van der Waals surface area contributed by atoms with E-state index in [9.17, 15) is 31.1 Å². The van der Waals surface area contributed by atoms with Gasteiger partial charge in [-0.1, -0.05) is 6.07 Å². The van der Waals surface area contributed by atoms with Gasteiger partial charge in [0.1, 0.15) is 0 Å². The second-order valence-electron chi connectivity index (χ2n) is 7.45. The Kier molecular flexibility index (Phi) is 6.09. The zero-order valence-electron chi connectivity index (χ0n) is 17.3. The van der Waals surface area contributed by atoms with Gasteiger partial charge in [0.05, 0.1) is 36.2 Å². The van der Waals surface area contributed by atoms with Crippen LogP contribution in [-0.2, 0) is 11.0 Å². The Morgan fingerprint density at radius 1 is 1.00 bits per heavy atom. The molecular formula is C22H17F6N5O. The summed E-state index contributed by atoms with van der Waals surface area (Å²) in [4.78, 5) is 15.0. The highest BCUT2D eigenvalue weighted by atomic mass is 19.4. The van der Waals surface area contributed by atoms with Crippen LogP contribution in [0.5, 0.6) is 0 Å². The predicted molar refractivity (Wildman–Crippen MR) is 113 cm³/mol. The number of amides is 1. The van der Waals surface area contributed by atoms with Gasteiger partial charge in [-0.3, -0.25) is 4.79 Å². The molecule has 6 nitrogen and oxygen atoms in total. The van der Waals surface area contributed by atoms with Gasteiger partial charge in [0.15, 0.2) is 0 Å². The van der Waals surface area contributed by atoms with Crippen molar-refractivity contribution in [1.29, 1.82) is 0 Å². The summed E-state index contributed by atoms with van der Waals surface area (Å²) in [7, 11) is 0. The number of alkyl halides is 6. The molecule has 2 aromatic carbocycles. The molecule has 4 rings (SSSR count). The quantitative estimate of drug-likeness (QED) is 0.335. The molecule has 0 aliphatic rings. The number of carbonyl (C=O) groups is 1. The van der Waals surface area contributed by atoms with Crippen molar-refractivity contribution in [2.45, 2.75) is 12.4 Å². The number of nitrogens with one attached hydrogen (secondary N) is 3. The molecular weight excluding hydrogens is 464 g/mol. The third-order valence-electron chi connectivity index (χ3n) is 4.94. The lowest BCUT2D eigenvalue weighted by atomic mass is 10.1. The van der Waals surface area contributed by atoms with Crippen LogP contribution in [0.15, 0.2) is 61.1 Å². The van der Waals surface area contributed by atoms with Crippen LogP contribution in [0.4, 0.5) is 32.0 Å². The van der Waals surface area contributed by atoms with Gasteiger partial charge in [0.2, 0.25) is 5.91 Å². The maximum atomic E-state index is 12.8. The number of fused-ring (bicyclic) bond motifs is 1. The van der Waals surface area contributed by atoms with Gasteiger partial charge in [-0.2, -0.15) is 31.4 Å². The third-order valence-corrected chi connectivity index (χ3v) is 4.94. The summed E-state index contributed by atoms with van der Waals surface area (Å²) in [6.07, 6.45) is -4.12. The first-order chi connectivity index (χ1) is 16.0. The molecule has 34 heavy (non-hydrogen) atoms. The average molecular weight is 481 g/mol. The molecule has 3 N–H and O–H groups in total. The molecule has 0 atom stereocenters. The molecule has 0 saturated carbocycles. The van der Waals surface area contributed by atoms with Gasteiger partial charge in [0, 0.05) is 28.9 Å². The largest absolute Gasteiger partial charge is 0.416 e. The van der Waals surface area contributed by atoms with Gasteiger partial charge in [-0.15, -0.1) is 0 Å². The molecule has 0 aliphatic heterocycles. The monoisotopic (exact) mass is 481 g/mol. The number of nitrogens with zero attached hydrogens (tertiary/aromatic N) is 2. The highest BCUT2D eigenvalue weighted by molar-refractivity contribution is 6.03. The molecule has 12 heteroatoms. The fraction of sp³-hybridized carbons (Fsp3) is 0.182.